The highest BCUT2D eigenvalue weighted by atomic mass is 16.5. The number of allylic oxidation sites excluding steroid dienone is 2. The van der Waals surface area contributed by atoms with Crippen molar-refractivity contribution in [2.45, 2.75) is 38.2 Å². The zero-order chi connectivity index (χ0) is 24.4. The van der Waals surface area contributed by atoms with Crippen molar-refractivity contribution in [1.82, 2.24) is 0 Å². The number of carbonyl (C=O) groups is 2. The summed E-state index contributed by atoms with van der Waals surface area (Å²) in [5.74, 6) is -1.42. The lowest BCUT2D eigenvalue weighted by Crippen LogP contribution is -2.38. The average molecular weight is 466 g/mol. The van der Waals surface area contributed by atoms with Crippen LogP contribution in [0.25, 0.3) is 0 Å². The zero-order valence-corrected chi connectivity index (χ0v) is 19.6. The Balaban J connectivity index is 1.51. The molecule has 0 saturated heterocycles. The molecule has 0 spiro atoms. The highest BCUT2D eigenvalue weighted by Gasteiger charge is 2.44. The molecule has 0 radical (unpaired) electrons. The van der Waals surface area contributed by atoms with Gasteiger partial charge < -0.3 is 9.84 Å². The molecule has 0 fully saturated rings. The van der Waals surface area contributed by atoms with Gasteiger partial charge in [0.2, 0.25) is 0 Å². The summed E-state index contributed by atoms with van der Waals surface area (Å²) in [5.41, 5.74) is 4.78. The van der Waals surface area contributed by atoms with Crippen LogP contribution in [-0.2, 0) is 20.9 Å². The first-order valence-corrected chi connectivity index (χ1v) is 11.9. The number of nitrogens with zero attached hydrogens (tertiary/aromatic N) is 1. The molecular weight excluding hydrogens is 438 g/mol. The van der Waals surface area contributed by atoms with Crippen molar-refractivity contribution in [3.05, 3.63) is 113 Å². The van der Waals surface area contributed by atoms with E-state index in [1.807, 2.05) is 67.6 Å². The van der Waals surface area contributed by atoms with E-state index in [4.69, 9.17) is 9.73 Å². The number of rotatable bonds is 5. The molecule has 0 bridgehead atoms. The van der Waals surface area contributed by atoms with Crippen molar-refractivity contribution in [3.8, 4) is 5.75 Å². The van der Waals surface area contributed by atoms with Crippen LogP contribution in [0.15, 0.2) is 101 Å². The third kappa shape index (κ3) is 4.67. The van der Waals surface area contributed by atoms with Crippen LogP contribution in [0.4, 0.5) is 0 Å². The van der Waals surface area contributed by atoms with E-state index in [-0.39, 0.29) is 24.1 Å². The highest BCUT2D eigenvalue weighted by molar-refractivity contribution is 6.09. The van der Waals surface area contributed by atoms with Crippen LogP contribution in [0.2, 0.25) is 0 Å². The summed E-state index contributed by atoms with van der Waals surface area (Å²) in [6.07, 6.45) is 1.01. The Morgan fingerprint density at radius 2 is 1.57 bits per heavy atom. The van der Waals surface area contributed by atoms with Gasteiger partial charge in [0.25, 0.3) is 0 Å². The summed E-state index contributed by atoms with van der Waals surface area (Å²) < 4.78 is 5.72. The van der Waals surface area contributed by atoms with Gasteiger partial charge >= 0.3 is 5.97 Å². The van der Waals surface area contributed by atoms with Crippen molar-refractivity contribution < 1.29 is 19.4 Å². The Bertz CT molecular complexity index is 1290. The van der Waals surface area contributed by atoms with Crippen molar-refractivity contribution in [2.24, 2.45) is 10.9 Å². The lowest BCUT2D eigenvalue weighted by molar-refractivity contribution is -0.148. The second-order valence-electron chi connectivity index (χ2n) is 9.19. The van der Waals surface area contributed by atoms with Gasteiger partial charge in [-0.1, -0.05) is 72.8 Å². The lowest BCUT2D eigenvalue weighted by Gasteiger charge is -2.36. The van der Waals surface area contributed by atoms with E-state index < -0.39 is 17.8 Å². The molecule has 1 aliphatic heterocycles. The summed E-state index contributed by atoms with van der Waals surface area (Å²) in [5, 5.41) is 9.84. The highest BCUT2D eigenvalue weighted by Crippen LogP contribution is 2.47. The first kappa shape index (κ1) is 22.8. The number of Topliss-reactive ketones (excluding diaryl/α,β-unsaturated/α-hetero) is 1. The van der Waals surface area contributed by atoms with Crippen LogP contribution < -0.4 is 0 Å². The van der Waals surface area contributed by atoms with Gasteiger partial charge in [-0.25, -0.2) is 0 Å². The normalized spacial score (nSPS) is 21.8. The van der Waals surface area contributed by atoms with Gasteiger partial charge in [0.15, 0.2) is 5.78 Å². The second kappa shape index (κ2) is 9.71. The molecule has 0 aromatic heterocycles. The first-order valence-electron chi connectivity index (χ1n) is 11.9. The largest absolute Gasteiger partial charge is 0.508 e. The molecule has 5 nitrogen and oxygen atoms in total. The van der Waals surface area contributed by atoms with E-state index in [2.05, 4.69) is 0 Å². The topological polar surface area (TPSA) is 76.0 Å². The van der Waals surface area contributed by atoms with E-state index in [9.17, 15) is 14.7 Å². The molecular formula is C30H27NO4. The van der Waals surface area contributed by atoms with Gasteiger partial charge in [-0.05, 0) is 48.1 Å². The van der Waals surface area contributed by atoms with Gasteiger partial charge in [-0.15, -0.1) is 0 Å². The zero-order valence-electron chi connectivity index (χ0n) is 19.6. The van der Waals surface area contributed by atoms with Crippen LogP contribution in [0.1, 0.15) is 48.3 Å². The van der Waals surface area contributed by atoms with Crippen LogP contribution >= 0.6 is 0 Å². The van der Waals surface area contributed by atoms with Crippen LogP contribution in [0.5, 0.6) is 5.75 Å². The molecule has 0 saturated carbocycles. The van der Waals surface area contributed by atoms with Gasteiger partial charge in [-0.2, -0.15) is 0 Å². The quantitative estimate of drug-likeness (QED) is 0.490. The fourth-order valence-corrected chi connectivity index (χ4v) is 5.19. The minimum Gasteiger partial charge on any atom is -0.508 e. The molecule has 5 heteroatoms. The maximum atomic E-state index is 13.6. The molecule has 2 aliphatic rings. The fourth-order valence-electron chi connectivity index (χ4n) is 5.19. The van der Waals surface area contributed by atoms with Crippen molar-refractivity contribution >= 4 is 17.5 Å². The molecule has 1 heterocycles. The van der Waals surface area contributed by atoms with E-state index in [1.54, 1.807) is 24.3 Å². The van der Waals surface area contributed by atoms with E-state index >= 15 is 0 Å². The Hall–Kier alpha value is -3.99. The number of aromatic hydroxyl groups is 1. The van der Waals surface area contributed by atoms with Gasteiger partial charge in [0.05, 0.1) is 0 Å². The van der Waals surface area contributed by atoms with Crippen molar-refractivity contribution in [1.29, 1.82) is 0 Å². The summed E-state index contributed by atoms with van der Waals surface area (Å²) >= 11 is 0. The summed E-state index contributed by atoms with van der Waals surface area (Å²) in [7, 11) is 0. The van der Waals surface area contributed by atoms with Crippen LogP contribution in [-0.4, -0.2) is 22.6 Å². The second-order valence-corrected chi connectivity index (χ2v) is 9.19. The number of esters is 1. The molecule has 5 rings (SSSR count). The van der Waals surface area contributed by atoms with Crippen molar-refractivity contribution in [2.75, 3.05) is 0 Å². The third-order valence-electron chi connectivity index (χ3n) is 6.89. The summed E-state index contributed by atoms with van der Waals surface area (Å²) in [4.78, 5) is 31.8. The first-order chi connectivity index (χ1) is 17.0. The molecule has 1 N–H and O–H groups in total. The van der Waals surface area contributed by atoms with Gasteiger partial charge in [0, 0.05) is 29.3 Å². The third-order valence-corrected chi connectivity index (χ3v) is 6.89. The van der Waals surface area contributed by atoms with Crippen LogP contribution in [0.3, 0.4) is 0 Å². The minimum atomic E-state index is -0.709. The molecule has 35 heavy (non-hydrogen) atoms. The van der Waals surface area contributed by atoms with E-state index in [0.29, 0.717) is 24.1 Å². The average Bonchev–Trinajstić information content (AvgIpc) is 2.88. The van der Waals surface area contributed by atoms with Gasteiger partial charge in [-0.3, -0.25) is 14.6 Å². The smallest absolute Gasteiger partial charge is 0.315 e. The Morgan fingerprint density at radius 3 is 2.26 bits per heavy atom. The number of phenolic OH excluding ortho intramolecular Hbond substituents is 1. The van der Waals surface area contributed by atoms with Gasteiger partial charge in [0.1, 0.15) is 18.3 Å². The predicted molar refractivity (Wildman–Crippen MR) is 134 cm³/mol. The predicted octanol–water partition coefficient (Wildman–Crippen LogP) is 5.71. The van der Waals surface area contributed by atoms with Crippen LogP contribution in [0, 0.1) is 5.92 Å². The molecule has 3 aromatic carbocycles. The summed E-state index contributed by atoms with van der Waals surface area (Å²) in [6, 6.07) is 26.3. The molecule has 3 aromatic rings. The Labute approximate surface area is 204 Å². The number of aliphatic imine (C=N–C) groups is 1. The standard InChI is InChI=1S/C30H27NO4/c1-19-27(30(34)35-18-20-8-4-2-5-9-20)28(22-12-14-24(32)15-13-22)29-25(31-19)16-23(17-26(29)33)21-10-6-3-7-11-21/h2-15,23,27-28,32H,16-18H2,1H3/t23-,27?,28+/m0/s1. The fraction of sp³-hybridized carbons (Fsp3) is 0.233. The molecule has 1 aliphatic carbocycles. The number of carbonyl (C=O) groups excluding carboxylic acids is 2. The number of hydrogen-bond acceptors (Lipinski definition) is 5. The van der Waals surface area contributed by atoms with Crippen molar-refractivity contribution in [3.63, 3.8) is 0 Å². The number of ketones is 1. The number of ether oxygens (including phenoxy) is 1. The monoisotopic (exact) mass is 465 g/mol. The lowest BCUT2D eigenvalue weighted by atomic mass is 9.69. The number of hydrogen-bond donors (Lipinski definition) is 1. The SMILES string of the molecule is CC1=NC2=C(C(=O)C[C@@H](c3ccccc3)C2)[C@H](c2ccc(O)cc2)C1C(=O)OCc1ccccc1. The molecule has 0 amide bonds. The van der Waals surface area contributed by atoms with E-state index in [1.165, 1.54) is 0 Å². The Morgan fingerprint density at radius 1 is 0.914 bits per heavy atom. The number of phenols is 1. The maximum Gasteiger partial charge on any atom is 0.315 e. The minimum absolute atomic E-state index is 0.00953. The number of benzene rings is 3. The van der Waals surface area contributed by atoms with E-state index in [0.717, 1.165) is 22.4 Å². The molecule has 1 unspecified atom stereocenters. The summed E-state index contributed by atoms with van der Waals surface area (Å²) in [6.45, 7) is 1.99. The molecule has 3 atom stereocenters. The Kier molecular flexibility index (Phi) is 6.32. The maximum absolute atomic E-state index is 13.6. The molecule has 176 valence electrons.